The van der Waals surface area contributed by atoms with Crippen molar-refractivity contribution in [2.75, 3.05) is 13.7 Å². The molecule has 0 saturated carbocycles. The van der Waals surface area contributed by atoms with Gasteiger partial charge < -0.3 is 9.53 Å². The average molecular weight is 256 g/mol. The Morgan fingerprint density at radius 1 is 0.833 bits per heavy atom. The molecule has 0 fully saturated rings. The molecule has 0 aliphatic rings. The van der Waals surface area contributed by atoms with Crippen molar-refractivity contribution < 1.29 is 23.9 Å². The van der Waals surface area contributed by atoms with Gasteiger partial charge in [0.2, 0.25) is 0 Å². The molecular formula is C13H20O5. The molecule has 0 heterocycles. The highest BCUT2D eigenvalue weighted by Crippen LogP contribution is 2.04. The molecule has 0 aliphatic heterocycles. The molecule has 102 valence electrons. The molecule has 0 amide bonds. The molecule has 5 nitrogen and oxygen atoms in total. The van der Waals surface area contributed by atoms with Gasteiger partial charge in [-0.2, -0.15) is 0 Å². The second-order valence-electron chi connectivity index (χ2n) is 4.06. The van der Waals surface area contributed by atoms with Crippen molar-refractivity contribution in [3.05, 3.63) is 0 Å². The number of hydrogen-bond donors (Lipinski definition) is 0. The highest BCUT2D eigenvalue weighted by atomic mass is 16.5. The summed E-state index contributed by atoms with van der Waals surface area (Å²) in [5.74, 6) is -0.168. The van der Waals surface area contributed by atoms with Crippen LogP contribution in [0.1, 0.15) is 44.9 Å². The van der Waals surface area contributed by atoms with Crippen molar-refractivity contribution in [2.45, 2.75) is 44.9 Å². The Kier molecular flexibility index (Phi) is 9.96. The lowest BCUT2D eigenvalue weighted by Gasteiger charge is -2.01. The molecule has 0 aromatic heterocycles. The average Bonchev–Trinajstić information content (AvgIpc) is 2.37. The fourth-order valence-corrected chi connectivity index (χ4v) is 1.37. The molecule has 0 unspecified atom stereocenters. The van der Waals surface area contributed by atoms with Gasteiger partial charge in [0.25, 0.3) is 0 Å². The second-order valence-corrected chi connectivity index (χ2v) is 4.06. The molecule has 0 radical (unpaired) electrons. The van der Waals surface area contributed by atoms with Crippen LogP contribution in [0.2, 0.25) is 0 Å². The van der Waals surface area contributed by atoms with Gasteiger partial charge in [0.05, 0.1) is 6.61 Å². The van der Waals surface area contributed by atoms with Crippen molar-refractivity contribution in [1.29, 1.82) is 0 Å². The molecule has 0 bridgehead atoms. The molecule has 5 heteroatoms. The Hall–Kier alpha value is -1.36. The van der Waals surface area contributed by atoms with Gasteiger partial charge in [0.15, 0.2) is 0 Å². The van der Waals surface area contributed by atoms with Gasteiger partial charge in [0.1, 0.15) is 23.6 Å². The van der Waals surface area contributed by atoms with Crippen LogP contribution >= 0.6 is 0 Å². The summed E-state index contributed by atoms with van der Waals surface area (Å²) in [6.45, 7) is 0.372. The van der Waals surface area contributed by atoms with Crippen LogP contribution in [-0.4, -0.2) is 37.4 Å². The van der Waals surface area contributed by atoms with Crippen LogP contribution in [0.5, 0.6) is 0 Å². The highest BCUT2D eigenvalue weighted by Gasteiger charge is 2.09. The van der Waals surface area contributed by atoms with E-state index in [2.05, 4.69) is 0 Å². The summed E-state index contributed by atoms with van der Waals surface area (Å²) >= 11 is 0. The zero-order valence-electron chi connectivity index (χ0n) is 10.8. The number of carbonyl (C=O) groups is 4. The lowest BCUT2D eigenvalue weighted by molar-refractivity contribution is -0.126. The van der Waals surface area contributed by atoms with Crippen molar-refractivity contribution >= 4 is 23.6 Å². The fraction of sp³-hybridized carbons (Fsp3) is 0.692. The summed E-state index contributed by atoms with van der Waals surface area (Å²) in [5, 5.41) is 0. The SMILES string of the molecule is COCCC(=O)CCC(=O)CCC(=O)CCC=O. The zero-order chi connectivity index (χ0) is 13.8. The number of ether oxygens (including phenoxy) is 1. The minimum atomic E-state index is -0.0831. The molecule has 18 heavy (non-hydrogen) atoms. The predicted octanol–water partition coefficient (Wildman–Crippen LogP) is 1.27. The van der Waals surface area contributed by atoms with Crippen molar-refractivity contribution in [3.8, 4) is 0 Å². The summed E-state index contributed by atoms with van der Waals surface area (Å²) in [6, 6.07) is 0. The summed E-state index contributed by atoms with van der Waals surface area (Å²) < 4.78 is 4.76. The van der Waals surface area contributed by atoms with Gasteiger partial charge in [-0.05, 0) is 0 Å². The lowest BCUT2D eigenvalue weighted by atomic mass is 10.0. The molecular weight excluding hydrogens is 236 g/mol. The molecule has 0 aliphatic carbocycles. The molecule has 0 N–H and O–H groups in total. The predicted molar refractivity (Wildman–Crippen MR) is 65.3 cm³/mol. The van der Waals surface area contributed by atoms with E-state index in [1.807, 2.05) is 0 Å². The smallest absolute Gasteiger partial charge is 0.135 e. The molecule has 0 rings (SSSR count). The van der Waals surface area contributed by atoms with Crippen molar-refractivity contribution in [2.24, 2.45) is 0 Å². The van der Waals surface area contributed by atoms with E-state index in [1.54, 1.807) is 0 Å². The highest BCUT2D eigenvalue weighted by molar-refractivity contribution is 5.89. The van der Waals surface area contributed by atoms with Gasteiger partial charge in [-0.1, -0.05) is 0 Å². The first-order valence-electron chi connectivity index (χ1n) is 6.07. The van der Waals surface area contributed by atoms with E-state index in [4.69, 9.17) is 4.74 Å². The second kappa shape index (κ2) is 10.8. The third kappa shape index (κ3) is 9.84. The summed E-state index contributed by atoms with van der Waals surface area (Å²) in [6.07, 6.45) is 2.14. The molecule has 0 aromatic carbocycles. The molecule has 0 aromatic rings. The monoisotopic (exact) mass is 256 g/mol. The number of aldehydes is 1. The third-order valence-corrected chi connectivity index (χ3v) is 2.49. The van der Waals surface area contributed by atoms with Gasteiger partial charge in [-0.3, -0.25) is 14.4 Å². The maximum absolute atomic E-state index is 11.4. The Balaban J connectivity index is 3.62. The number of carbonyl (C=O) groups excluding carboxylic acids is 4. The first-order valence-corrected chi connectivity index (χ1v) is 6.07. The Morgan fingerprint density at radius 2 is 1.28 bits per heavy atom. The molecule has 0 atom stereocenters. The lowest BCUT2D eigenvalue weighted by Crippen LogP contribution is -2.08. The largest absolute Gasteiger partial charge is 0.384 e. The van der Waals surface area contributed by atoms with Crippen LogP contribution in [-0.2, 0) is 23.9 Å². The number of methoxy groups -OCH3 is 1. The first kappa shape index (κ1) is 16.6. The van der Waals surface area contributed by atoms with Crippen LogP contribution in [0, 0.1) is 0 Å². The van der Waals surface area contributed by atoms with Crippen molar-refractivity contribution in [1.82, 2.24) is 0 Å². The van der Waals surface area contributed by atoms with Crippen LogP contribution in [0.3, 0.4) is 0 Å². The fourth-order valence-electron chi connectivity index (χ4n) is 1.37. The van der Waals surface area contributed by atoms with Gasteiger partial charge >= 0.3 is 0 Å². The minimum Gasteiger partial charge on any atom is -0.384 e. The first-order chi connectivity index (χ1) is 8.60. The van der Waals surface area contributed by atoms with Crippen LogP contribution < -0.4 is 0 Å². The van der Waals surface area contributed by atoms with E-state index in [0.29, 0.717) is 19.3 Å². The van der Waals surface area contributed by atoms with E-state index in [0.717, 1.165) is 0 Å². The van der Waals surface area contributed by atoms with Crippen molar-refractivity contribution in [3.63, 3.8) is 0 Å². The van der Waals surface area contributed by atoms with E-state index in [1.165, 1.54) is 7.11 Å². The Morgan fingerprint density at radius 3 is 1.72 bits per heavy atom. The summed E-state index contributed by atoms with van der Waals surface area (Å²) in [4.78, 5) is 43.9. The van der Waals surface area contributed by atoms with E-state index < -0.39 is 0 Å². The van der Waals surface area contributed by atoms with Crippen LogP contribution in [0.25, 0.3) is 0 Å². The van der Waals surface area contributed by atoms with E-state index in [9.17, 15) is 19.2 Å². The Labute approximate surface area is 107 Å². The molecule has 0 saturated heterocycles. The number of hydrogen-bond acceptors (Lipinski definition) is 5. The minimum absolute atomic E-state index is 0.00233. The Bertz CT molecular complexity index is 296. The van der Waals surface area contributed by atoms with E-state index >= 15 is 0 Å². The summed E-state index contributed by atoms with van der Waals surface area (Å²) in [5.41, 5.74) is 0. The van der Waals surface area contributed by atoms with Crippen LogP contribution in [0.15, 0.2) is 0 Å². The number of ketones is 3. The maximum Gasteiger partial charge on any atom is 0.135 e. The topological polar surface area (TPSA) is 77.5 Å². The van der Waals surface area contributed by atoms with E-state index in [-0.39, 0.29) is 55.9 Å². The van der Waals surface area contributed by atoms with Crippen LogP contribution in [0.4, 0.5) is 0 Å². The quantitative estimate of drug-likeness (QED) is 0.491. The summed E-state index contributed by atoms with van der Waals surface area (Å²) in [7, 11) is 1.52. The molecule has 0 spiro atoms. The van der Waals surface area contributed by atoms with Gasteiger partial charge in [0, 0.05) is 52.1 Å². The zero-order valence-corrected chi connectivity index (χ0v) is 10.8. The standard InChI is InChI=1S/C13H20O5/c1-18-10-8-13(17)7-6-12(16)5-4-11(15)3-2-9-14/h9H,2-8,10H2,1H3. The van der Waals surface area contributed by atoms with Gasteiger partial charge in [-0.15, -0.1) is 0 Å². The van der Waals surface area contributed by atoms with Gasteiger partial charge in [-0.25, -0.2) is 0 Å². The third-order valence-electron chi connectivity index (χ3n) is 2.49. The normalized spacial score (nSPS) is 10.1. The number of Topliss-reactive ketones (excluding diaryl/α,β-unsaturated/α-hetero) is 3. The maximum atomic E-state index is 11.4. The number of rotatable bonds is 12.